The number of hydrogen-bond donors (Lipinski definition) is 1. The molecule has 4 atom stereocenters. The zero-order valence-electron chi connectivity index (χ0n) is 13.0. The maximum Gasteiger partial charge on any atom is 0.436 e. The SMILES string of the molecule is C[C@@H](NC(=O)c1c(Br)c(C(F)(F)F)nn1C)[C@H]1C[C@H]2CC[C@H]1C2. The number of aromatic nitrogens is 2. The lowest BCUT2D eigenvalue weighted by atomic mass is 9.84. The van der Waals surface area contributed by atoms with Gasteiger partial charge in [-0.2, -0.15) is 18.3 Å². The van der Waals surface area contributed by atoms with E-state index in [1.165, 1.54) is 26.3 Å². The molecule has 4 nitrogen and oxygen atoms in total. The molecule has 1 aromatic rings. The second-order valence-electron chi connectivity index (χ2n) is 6.73. The number of amides is 1. The van der Waals surface area contributed by atoms with Crippen molar-refractivity contribution < 1.29 is 18.0 Å². The molecule has 0 spiro atoms. The van der Waals surface area contributed by atoms with Gasteiger partial charge in [-0.25, -0.2) is 0 Å². The lowest BCUT2D eigenvalue weighted by Crippen LogP contribution is -2.40. The average Bonchev–Trinajstić information content (AvgIpc) is 3.12. The lowest BCUT2D eigenvalue weighted by Gasteiger charge is -2.28. The van der Waals surface area contributed by atoms with Gasteiger partial charge in [-0.1, -0.05) is 6.42 Å². The van der Waals surface area contributed by atoms with Crippen LogP contribution in [0.2, 0.25) is 0 Å². The van der Waals surface area contributed by atoms with Crippen LogP contribution in [-0.4, -0.2) is 21.7 Å². The molecule has 2 saturated carbocycles. The number of carbonyl (C=O) groups is 1. The lowest BCUT2D eigenvalue weighted by molar-refractivity contribution is -0.142. The average molecular weight is 394 g/mol. The van der Waals surface area contributed by atoms with Gasteiger partial charge in [-0.15, -0.1) is 0 Å². The number of nitrogens with zero attached hydrogens (tertiary/aromatic N) is 2. The normalized spacial score (nSPS) is 28.2. The second kappa shape index (κ2) is 5.79. The molecule has 1 aromatic heterocycles. The van der Waals surface area contributed by atoms with Crippen molar-refractivity contribution in [2.45, 2.75) is 44.8 Å². The first-order valence-corrected chi connectivity index (χ1v) is 8.58. The predicted octanol–water partition coefficient (Wildman–Crippen LogP) is 3.76. The van der Waals surface area contributed by atoms with E-state index < -0.39 is 17.8 Å². The highest BCUT2D eigenvalue weighted by atomic mass is 79.9. The molecular weight excluding hydrogens is 375 g/mol. The monoisotopic (exact) mass is 393 g/mol. The maximum absolute atomic E-state index is 12.9. The fourth-order valence-electron chi connectivity index (χ4n) is 4.21. The summed E-state index contributed by atoms with van der Waals surface area (Å²) in [5, 5.41) is 6.30. The number of hydrogen-bond acceptors (Lipinski definition) is 2. The summed E-state index contributed by atoms with van der Waals surface area (Å²) in [5.74, 6) is 1.30. The molecule has 1 heterocycles. The fourth-order valence-corrected chi connectivity index (χ4v) is 4.96. The van der Waals surface area contributed by atoms with Crippen LogP contribution in [0.5, 0.6) is 0 Å². The number of nitrogens with one attached hydrogen (secondary N) is 1. The predicted molar refractivity (Wildman–Crippen MR) is 81.8 cm³/mol. The summed E-state index contributed by atoms with van der Waals surface area (Å²) in [5.41, 5.74) is -1.16. The van der Waals surface area contributed by atoms with Crippen LogP contribution in [0.4, 0.5) is 13.2 Å². The minimum absolute atomic E-state index is 0.0473. The first-order valence-electron chi connectivity index (χ1n) is 7.79. The van der Waals surface area contributed by atoms with Crippen LogP contribution in [0, 0.1) is 17.8 Å². The molecule has 0 aliphatic heterocycles. The molecule has 0 aromatic carbocycles. The zero-order valence-corrected chi connectivity index (χ0v) is 14.5. The van der Waals surface area contributed by atoms with Gasteiger partial charge in [0.05, 0.1) is 4.47 Å². The van der Waals surface area contributed by atoms with Gasteiger partial charge < -0.3 is 5.32 Å². The van der Waals surface area contributed by atoms with Crippen LogP contribution in [0.15, 0.2) is 4.47 Å². The summed E-state index contributed by atoms with van der Waals surface area (Å²) in [6.45, 7) is 1.94. The molecule has 0 saturated heterocycles. The summed E-state index contributed by atoms with van der Waals surface area (Å²) in [7, 11) is 1.34. The second-order valence-corrected chi connectivity index (χ2v) is 7.53. The first-order chi connectivity index (χ1) is 10.7. The molecule has 2 aliphatic carbocycles. The van der Waals surface area contributed by atoms with Crippen LogP contribution in [0.1, 0.15) is 48.8 Å². The van der Waals surface area contributed by atoms with Gasteiger partial charge in [-0.3, -0.25) is 9.48 Å². The van der Waals surface area contributed by atoms with Crippen molar-refractivity contribution >= 4 is 21.8 Å². The largest absolute Gasteiger partial charge is 0.436 e. The van der Waals surface area contributed by atoms with Gasteiger partial charge in [0.25, 0.3) is 5.91 Å². The van der Waals surface area contributed by atoms with Gasteiger partial charge in [0, 0.05) is 13.1 Å². The van der Waals surface area contributed by atoms with Crippen molar-refractivity contribution in [3.8, 4) is 0 Å². The Morgan fingerprint density at radius 3 is 2.57 bits per heavy atom. The van der Waals surface area contributed by atoms with E-state index in [2.05, 4.69) is 26.3 Å². The quantitative estimate of drug-likeness (QED) is 0.849. The van der Waals surface area contributed by atoms with E-state index in [0.29, 0.717) is 11.8 Å². The van der Waals surface area contributed by atoms with Gasteiger partial charge in [0.2, 0.25) is 0 Å². The standard InChI is InChI=1S/C15H19BrF3N3O/c1-7(10-6-8-3-4-9(10)5-8)20-14(23)12-11(16)13(15(17,18)19)21-22(12)2/h7-10H,3-6H2,1-2H3,(H,20,23)/t7-,8+,9+,10-/m1/s1. The molecule has 2 fully saturated rings. The number of halogens is 4. The first kappa shape index (κ1) is 16.8. The van der Waals surface area contributed by atoms with Crippen LogP contribution in [-0.2, 0) is 13.2 Å². The Labute approximate surface area is 140 Å². The highest BCUT2D eigenvalue weighted by molar-refractivity contribution is 9.10. The Bertz CT molecular complexity index is 628. The van der Waals surface area contributed by atoms with E-state index >= 15 is 0 Å². The summed E-state index contributed by atoms with van der Waals surface area (Å²) in [4.78, 5) is 12.4. The number of alkyl halides is 3. The summed E-state index contributed by atoms with van der Waals surface area (Å²) in [6, 6.07) is -0.0473. The minimum Gasteiger partial charge on any atom is -0.348 e. The minimum atomic E-state index is -4.59. The molecule has 128 valence electrons. The number of carbonyl (C=O) groups excluding carboxylic acids is 1. The molecule has 1 amide bonds. The summed E-state index contributed by atoms with van der Waals surface area (Å²) in [6.07, 6.45) is 0.198. The summed E-state index contributed by atoms with van der Waals surface area (Å²) < 4.78 is 39.3. The molecule has 8 heteroatoms. The number of aryl methyl sites for hydroxylation is 1. The fraction of sp³-hybridized carbons (Fsp3) is 0.733. The van der Waals surface area contributed by atoms with E-state index in [9.17, 15) is 18.0 Å². The molecular formula is C15H19BrF3N3O. The molecule has 0 radical (unpaired) electrons. The van der Waals surface area contributed by atoms with Gasteiger partial charge in [0.1, 0.15) is 5.69 Å². The highest BCUT2D eigenvalue weighted by Gasteiger charge is 2.43. The van der Waals surface area contributed by atoms with Crippen molar-refractivity contribution in [3.05, 3.63) is 15.9 Å². The van der Waals surface area contributed by atoms with E-state index in [1.54, 1.807) is 0 Å². The third-order valence-electron chi connectivity index (χ3n) is 5.27. The molecule has 23 heavy (non-hydrogen) atoms. The number of fused-ring (bicyclic) bond motifs is 2. The zero-order chi connectivity index (χ0) is 16.9. The van der Waals surface area contributed by atoms with Crippen molar-refractivity contribution in [1.29, 1.82) is 0 Å². The van der Waals surface area contributed by atoms with E-state index in [4.69, 9.17) is 0 Å². The molecule has 2 bridgehead atoms. The van der Waals surface area contributed by atoms with Crippen molar-refractivity contribution in [2.24, 2.45) is 24.8 Å². The van der Waals surface area contributed by atoms with Gasteiger partial charge in [0.15, 0.2) is 5.69 Å². The Morgan fingerprint density at radius 2 is 2.09 bits per heavy atom. The summed E-state index contributed by atoms with van der Waals surface area (Å²) >= 11 is 2.88. The van der Waals surface area contributed by atoms with Gasteiger partial charge >= 0.3 is 6.18 Å². The molecule has 0 unspecified atom stereocenters. The van der Waals surface area contributed by atoms with Crippen LogP contribution < -0.4 is 5.32 Å². The Hall–Kier alpha value is -1.05. The van der Waals surface area contributed by atoms with E-state index in [-0.39, 0.29) is 16.2 Å². The highest BCUT2D eigenvalue weighted by Crippen LogP contribution is 2.49. The van der Waals surface area contributed by atoms with Gasteiger partial charge in [-0.05, 0) is 59.9 Å². The topological polar surface area (TPSA) is 46.9 Å². The van der Waals surface area contributed by atoms with E-state index in [1.807, 2.05) is 6.92 Å². The van der Waals surface area contributed by atoms with Crippen LogP contribution in [0.3, 0.4) is 0 Å². The Kier molecular flexibility index (Phi) is 4.23. The van der Waals surface area contributed by atoms with Crippen molar-refractivity contribution in [2.75, 3.05) is 0 Å². The van der Waals surface area contributed by atoms with Crippen molar-refractivity contribution in [1.82, 2.24) is 15.1 Å². The Morgan fingerprint density at radius 1 is 1.39 bits per heavy atom. The Balaban J connectivity index is 1.75. The van der Waals surface area contributed by atoms with Crippen LogP contribution in [0.25, 0.3) is 0 Å². The third-order valence-corrected chi connectivity index (χ3v) is 6.02. The molecule has 3 rings (SSSR count). The smallest absolute Gasteiger partial charge is 0.348 e. The van der Waals surface area contributed by atoms with E-state index in [0.717, 1.165) is 17.0 Å². The number of rotatable bonds is 3. The third kappa shape index (κ3) is 3.02. The van der Waals surface area contributed by atoms with Crippen LogP contribution >= 0.6 is 15.9 Å². The molecule has 2 aliphatic rings. The molecule has 1 N–H and O–H groups in total. The maximum atomic E-state index is 12.9. The van der Waals surface area contributed by atoms with Crippen molar-refractivity contribution in [3.63, 3.8) is 0 Å².